The molecule has 0 bridgehead atoms. The van der Waals surface area contributed by atoms with Crippen LogP contribution < -0.4 is 10.6 Å². The SMILES string of the molecule is CCCCNC(=O)C(C)NC1(C)CCOC1. The van der Waals surface area contributed by atoms with Crippen LogP contribution in [0.5, 0.6) is 0 Å². The second-order valence-electron chi connectivity index (χ2n) is 4.87. The van der Waals surface area contributed by atoms with E-state index in [-0.39, 0.29) is 17.5 Å². The van der Waals surface area contributed by atoms with E-state index in [9.17, 15) is 4.79 Å². The first-order chi connectivity index (χ1) is 7.57. The van der Waals surface area contributed by atoms with E-state index >= 15 is 0 Å². The minimum absolute atomic E-state index is 0.0402. The summed E-state index contributed by atoms with van der Waals surface area (Å²) in [6.07, 6.45) is 3.12. The molecule has 1 saturated heterocycles. The van der Waals surface area contributed by atoms with Crippen molar-refractivity contribution in [3.63, 3.8) is 0 Å². The molecule has 16 heavy (non-hydrogen) atoms. The summed E-state index contributed by atoms with van der Waals surface area (Å²) in [5.74, 6) is 0.0848. The molecule has 1 amide bonds. The van der Waals surface area contributed by atoms with Gasteiger partial charge in [-0.2, -0.15) is 0 Å². The molecule has 2 atom stereocenters. The Hall–Kier alpha value is -0.610. The minimum atomic E-state index is -0.149. The molecule has 0 aromatic carbocycles. The molecule has 0 aromatic heterocycles. The summed E-state index contributed by atoms with van der Waals surface area (Å²) in [5, 5.41) is 6.28. The van der Waals surface area contributed by atoms with Crippen molar-refractivity contribution in [1.82, 2.24) is 10.6 Å². The lowest BCUT2D eigenvalue weighted by atomic mass is 10.0. The molecule has 0 saturated carbocycles. The third kappa shape index (κ3) is 4.10. The van der Waals surface area contributed by atoms with E-state index in [2.05, 4.69) is 24.5 Å². The molecule has 4 nitrogen and oxygen atoms in total. The first-order valence-electron chi connectivity index (χ1n) is 6.20. The second-order valence-corrected chi connectivity index (χ2v) is 4.87. The summed E-state index contributed by atoms with van der Waals surface area (Å²) in [6, 6.07) is -0.149. The van der Waals surface area contributed by atoms with Crippen molar-refractivity contribution in [2.45, 2.75) is 51.6 Å². The second kappa shape index (κ2) is 6.21. The van der Waals surface area contributed by atoms with Gasteiger partial charge in [0.05, 0.1) is 12.6 Å². The number of ether oxygens (including phenoxy) is 1. The van der Waals surface area contributed by atoms with Gasteiger partial charge in [0.2, 0.25) is 5.91 Å². The Labute approximate surface area is 98.1 Å². The van der Waals surface area contributed by atoms with Gasteiger partial charge < -0.3 is 10.1 Å². The Morgan fingerprint density at radius 3 is 2.88 bits per heavy atom. The zero-order valence-electron chi connectivity index (χ0n) is 10.6. The fraction of sp³-hybridized carbons (Fsp3) is 0.917. The van der Waals surface area contributed by atoms with E-state index < -0.39 is 0 Å². The highest BCUT2D eigenvalue weighted by Gasteiger charge is 2.32. The lowest BCUT2D eigenvalue weighted by Gasteiger charge is -2.27. The Morgan fingerprint density at radius 2 is 2.31 bits per heavy atom. The van der Waals surface area contributed by atoms with E-state index in [0.717, 1.165) is 32.4 Å². The van der Waals surface area contributed by atoms with Gasteiger partial charge in [0.25, 0.3) is 0 Å². The van der Waals surface area contributed by atoms with Gasteiger partial charge in [-0.3, -0.25) is 10.1 Å². The normalized spacial score (nSPS) is 26.7. The van der Waals surface area contributed by atoms with Gasteiger partial charge in [0, 0.05) is 18.7 Å². The Morgan fingerprint density at radius 1 is 1.56 bits per heavy atom. The molecule has 0 spiro atoms. The molecule has 0 aliphatic carbocycles. The Kier molecular flexibility index (Phi) is 5.22. The maximum atomic E-state index is 11.7. The van der Waals surface area contributed by atoms with Crippen molar-refractivity contribution in [1.29, 1.82) is 0 Å². The quantitative estimate of drug-likeness (QED) is 0.668. The third-order valence-electron chi connectivity index (χ3n) is 3.01. The number of hydrogen-bond acceptors (Lipinski definition) is 3. The van der Waals surface area contributed by atoms with Crippen molar-refractivity contribution in [2.75, 3.05) is 19.8 Å². The van der Waals surface area contributed by atoms with Crippen molar-refractivity contribution in [3.05, 3.63) is 0 Å². The van der Waals surface area contributed by atoms with Crippen LogP contribution in [0.3, 0.4) is 0 Å². The standard InChI is InChI=1S/C12H24N2O2/c1-4-5-7-13-11(15)10(2)14-12(3)6-8-16-9-12/h10,14H,4-9H2,1-3H3,(H,13,15). The number of amides is 1. The Bertz CT molecular complexity index is 225. The van der Waals surface area contributed by atoms with Gasteiger partial charge in [-0.1, -0.05) is 13.3 Å². The number of carbonyl (C=O) groups excluding carboxylic acids is 1. The molecule has 1 aliphatic heterocycles. The van der Waals surface area contributed by atoms with Crippen LogP contribution in [0.1, 0.15) is 40.0 Å². The lowest BCUT2D eigenvalue weighted by molar-refractivity contribution is -0.123. The van der Waals surface area contributed by atoms with E-state index in [0.29, 0.717) is 6.61 Å². The van der Waals surface area contributed by atoms with Crippen molar-refractivity contribution in [2.24, 2.45) is 0 Å². The zero-order chi connectivity index (χ0) is 12.0. The molecule has 1 aliphatic rings. The largest absolute Gasteiger partial charge is 0.379 e. The number of unbranched alkanes of at least 4 members (excludes halogenated alkanes) is 1. The molecule has 2 N–H and O–H groups in total. The van der Waals surface area contributed by atoms with Gasteiger partial charge >= 0.3 is 0 Å². The molecule has 0 radical (unpaired) electrons. The maximum Gasteiger partial charge on any atom is 0.236 e. The summed E-state index contributed by atoms with van der Waals surface area (Å²) in [7, 11) is 0. The highest BCUT2D eigenvalue weighted by Crippen LogP contribution is 2.18. The van der Waals surface area contributed by atoms with E-state index in [1.165, 1.54) is 0 Å². The number of nitrogens with one attached hydrogen (secondary N) is 2. The van der Waals surface area contributed by atoms with Gasteiger partial charge in [0.1, 0.15) is 0 Å². The first-order valence-corrected chi connectivity index (χ1v) is 6.20. The molecule has 1 fully saturated rings. The molecule has 1 rings (SSSR count). The van der Waals surface area contributed by atoms with Crippen LogP contribution in [0, 0.1) is 0 Å². The van der Waals surface area contributed by atoms with Gasteiger partial charge in [-0.15, -0.1) is 0 Å². The molecule has 1 heterocycles. The van der Waals surface area contributed by atoms with Crippen molar-refractivity contribution in [3.8, 4) is 0 Å². The molecule has 94 valence electrons. The highest BCUT2D eigenvalue weighted by atomic mass is 16.5. The van der Waals surface area contributed by atoms with Crippen LogP contribution in [0.25, 0.3) is 0 Å². The summed E-state index contributed by atoms with van der Waals surface area (Å²) in [5.41, 5.74) is -0.0402. The lowest BCUT2D eigenvalue weighted by Crippen LogP contribution is -2.53. The summed E-state index contributed by atoms with van der Waals surface area (Å²) < 4.78 is 5.35. The van der Waals surface area contributed by atoms with Gasteiger partial charge in [-0.05, 0) is 26.7 Å². The first kappa shape index (κ1) is 13.5. The van der Waals surface area contributed by atoms with Crippen LogP contribution >= 0.6 is 0 Å². The van der Waals surface area contributed by atoms with E-state index in [1.54, 1.807) is 0 Å². The van der Waals surface area contributed by atoms with Crippen LogP contribution in [0.4, 0.5) is 0 Å². The average Bonchev–Trinajstić information content (AvgIpc) is 2.65. The van der Waals surface area contributed by atoms with Crippen LogP contribution in [0.15, 0.2) is 0 Å². The van der Waals surface area contributed by atoms with Crippen molar-refractivity contribution >= 4 is 5.91 Å². The predicted octanol–water partition coefficient (Wildman–Crippen LogP) is 1.06. The van der Waals surface area contributed by atoms with Gasteiger partial charge in [0.15, 0.2) is 0 Å². The number of carbonyl (C=O) groups is 1. The maximum absolute atomic E-state index is 11.7. The third-order valence-corrected chi connectivity index (χ3v) is 3.01. The smallest absolute Gasteiger partial charge is 0.236 e. The number of rotatable bonds is 6. The van der Waals surface area contributed by atoms with E-state index in [4.69, 9.17) is 4.74 Å². The van der Waals surface area contributed by atoms with Crippen LogP contribution in [-0.2, 0) is 9.53 Å². The fourth-order valence-electron chi connectivity index (χ4n) is 1.91. The molecule has 4 heteroatoms. The highest BCUT2D eigenvalue weighted by molar-refractivity contribution is 5.81. The van der Waals surface area contributed by atoms with Crippen LogP contribution in [0.2, 0.25) is 0 Å². The summed E-state index contributed by atoms with van der Waals surface area (Å²) in [4.78, 5) is 11.7. The summed E-state index contributed by atoms with van der Waals surface area (Å²) in [6.45, 7) is 8.38. The Balaban J connectivity index is 2.27. The number of hydrogen-bond donors (Lipinski definition) is 2. The summed E-state index contributed by atoms with van der Waals surface area (Å²) >= 11 is 0. The van der Waals surface area contributed by atoms with Crippen LogP contribution in [-0.4, -0.2) is 37.2 Å². The average molecular weight is 228 g/mol. The monoisotopic (exact) mass is 228 g/mol. The fourth-order valence-corrected chi connectivity index (χ4v) is 1.91. The molecule has 2 unspecified atom stereocenters. The topological polar surface area (TPSA) is 50.4 Å². The molecular weight excluding hydrogens is 204 g/mol. The zero-order valence-corrected chi connectivity index (χ0v) is 10.6. The molecule has 0 aromatic rings. The van der Waals surface area contributed by atoms with Gasteiger partial charge in [-0.25, -0.2) is 0 Å². The molecular formula is C12H24N2O2. The predicted molar refractivity (Wildman–Crippen MR) is 64.4 cm³/mol. The van der Waals surface area contributed by atoms with E-state index in [1.807, 2.05) is 6.92 Å². The minimum Gasteiger partial charge on any atom is -0.379 e. The van der Waals surface area contributed by atoms with Crippen molar-refractivity contribution < 1.29 is 9.53 Å².